The van der Waals surface area contributed by atoms with Gasteiger partial charge in [-0.15, -0.1) is 0 Å². The van der Waals surface area contributed by atoms with Crippen molar-refractivity contribution in [3.05, 3.63) is 0 Å². The second-order valence-corrected chi connectivity index (χ2v) is 5.81. The first-order valence-corrected chi connectivity index (χ1v) is 7.83. The third kappa shape index (κ3) is 2.82. The normalized spacial score (nSPS) is 25.5. The molecule has 2 rings (SSSR count). The monoisotopic (exact) mass is 282 g/mol. The summed E-state index contributed by atoms with van der Waals surface area (Å²) in [5, 5.41) is 3.19. The van der Waals surface area contributed by atoms with Gasteiger partial charge in [0.25, 0.3) is 0 Å². The molecule has 0 aromatic carbocycles. The molecular formula is C15H26N2O3. The van der Waals surface area contributed by atoms with Crippen molar-refractivity contribution >= 4 is 11.9 Å². The van der Waals surface area contributed by atoms with Crippen LogP contribution in [0.25, 0.3) is 0 Å². The maximum atomic E-state index is 13.0. The maximum absolute atomic E-state index is 13.0. The van der Waals surface area contributed by atoms with Gasteiger partial charge in [-0.25, -0.2) is 4.79 Å². The Morgan fingerprint density at radius 2 is 2.00 bits per heavy atom. The number of rotatable bonds is 4. The van der Waals surface area contributed by atoms with Crippen molar-refractivity contribution in [1.82, 2.24) is 10.2 Å². The Bertz CT molecular complexity index is 364. The van der Waals surface area contributed by atoms with Gasteiger partial charge in [-0.2, -0.15) is 0 Å². The van der Waals surface area contributed by atoms with E-state index in [0.717, 1.165) is 38.6 Å². The first kappa shape index (κ1) is 15.3. The number of nitrogens with one attached hydrogen (secondary N) is 1. The molecule has 2 fully saturated rings. The molecule has 20 heavy (non-hydrogen) atoms. The lowest BCUT2D eigenvalue weighted by Crippen LogP contribution is -2.60. The van der Waals surface area contributed by atoms with E-state index in [4.69, 9.17) is 4.74 Å². The summed E-state index contributed by atoms with van der Waals surface area (Å²) in [5.41, 5.74) is -0.234. The quantitative estimate of drug-likeness (QED) is 0.790. The van der Waals surface area contributed by atoms with E-state index in [1.165, 1.54) is 0 Å². The van der Waals surface area contributed by atoms with Crippen molar-refractivity contribution < 1.29 is 14.3 Å². The van der Waals surface area contributed by atoms with Crippen molar-refractivity contribution in [1.29, 1.82) is 0 Å². The van der Waals surface area contributed by atoms with Gasteiger partial charge in [-0.05, 0) is 26.2 Å². The van der Waals surface area contributed by atoms with Crippen molar-refractivity contribution in [2.24, 2.45) is 5.41 Å². The SMILES string of the molecule is CCOC(=O)C1CNCCN1C(=O)C1(CC)CCCC1. The van der Waals surface area contributed by atoms with Gasteiger partial charge in [0.05, 0.1) is 6.61 Å². The van der Waals surface area contributed by atoms with E-state index in [0.29, 0.717) is 19.7 Å². The standard InChI is InChI=1S/C15H26N2O3/c1-3-15(7-5-6-8-15)14(19)17-10-9-16-11-12(17)13(18)20-4-2/h12,16H,3-11H2,1-2H3. The first-order valence-electron chi connectivity index (χ1n) is 7.83. The van der Waals surface area contributed by atoms with Crippen LogP contribution in [0.5, 0.6) is 0 Å². The molecular weight excluding hydrogens is 256 g/mol. The molecule has 1 aliphatic heterocycles. The Balaban J connectivity index is 2.14. The largest absolute Gasteiger partial charge is 0.464 e. The predicted octanol–water partition coefficient (Wildman–Crippen LogP) is 1.32. The number of ether oxygens (including phenoxy) is 1. The first-order chi connectivity index (χ1) is 9.64. The van der Waals surface area contributed by atoms with Crippen molar-refractivity contribution in [3.63, 3.8) is 0 Å². The lowest BCUT2D eigenvalue weighted by molar-refractivity contribution is -0.160. The Morgan fingerprint density at radius 1 is 1.30 bits per heavy atom. The molecule has 1 atom stereocenters. The van der Waals surface area contributed by atoms with Crippen molar-refractivity contribution in [2.45, 2.75) is 52.0 Å². The number of hydrogen-bond donors (Lipinski definition) is 1. The Hall–Kier alpha value is -1.10. The zero-order valence-electron chi connectivity index (χ0n) is 12.6. The van der Waals surface area contributed by atoms with Crippen LogP contribution in [0.3, 0.4) is 0 Å². The third-order valence-corrected chi connectivity index (χ3v) is 4.75. The summed E-state index contributed by atoms with van der Waals surface area (Å²) in [7, 11) is 0. The van der Waals surface area contributed by atoms with Gasteiger partial charge in [0.15, 0.2) is 0 Å². The lowest BCUT2D eigenvalue weighted by Gasteiger charge is -2.40. The number of amides is 1. The van der Waals surface area contributed by atoms with E-state index in [1.807, 2.05) is 0 Å². The minimum absolute atomic E-state index is 0.164. The van der Waals surface area contributed by atoms with Crippen LogP contribution < -0.4 is 5.32 Å². The van der Waals surface area contributed by atoms with E-state index in [1.54, 1.807) is 11.8 Å². The highest BCUT2D eigenvalue weighted by molar-refractivity contribution is 5.88. The van der Waals surface area contributed by atoms with E-state index >= 15 is 0 Å². The number of esters is 1. The fourth-order valence-corrected chi connectivity index (χ4v) is 3.47. The average Bonchev–Trinajstić information content (AvgIpc) is 2.97. The Morgan fingerprint density at radius 3 is 2.60 bits per heavy atom. The molecule has 0 bridgehead atoms. The molecule has 5 nitrogen and oxygen atoms in total. The van der Waals surface area contributed by atoms with Gasteiger partial charge in [0, 0.05) is 25.0 Å². The Labute approximate surface area is 121 Å². The highest BCUT2D eigenvalue weighted by Gasteiger charge is 2.45. The highest BCUT2D eigenvalue weighted by Crippen LogP contribution is 2.42. The molecule has 0 radical (unpaired) electrons. The van der Waals surface area contributed by atoms with Crippen LogP contribution in [-0.4, -0.2) is 49.1 Å². The van der Waals surface area contributed by atoms with E-state index in [-0.39, 0.29) is 17.3 Å². The molecule has 0 spiro atoms. The molecule has 1 heterocycles. The van der Waals surface area contributed by atoms with Gasteiger partial charge in [0.2, 0.25) is 5.91 Å². The molecule has 1 aliphatic carbocycles. The number of carbonyl (C=O) groups is 2. The summed E-state index contributed by atoms with van der Waals surface area (Å²) < 4.78 is 5.12. The molecule has 5 heteroatoms. The van der Waals surface area contributed by atoms with Crippen molar-refractivity contribution in [3.8, 4) is 0 Å². The minimum atomic E-state index is -0.458. The maximum Gasteiger partial charge on any atom is 0.330 e. The molecule has 1 saturated heterocycles. The minimum Gasteiger partial charge on any atom is -0.464 e. The summed E-state index contributed by atoms with van der Waals surface area (Å²) in [6.45, 7) is 6.10. The molecule has 1 N–H and O–H groups in total. The number of carbonyl (C=O) groups excluding carboxylic acids is 2. The lowest BCUT2D eigenvalue weighted by atomic mass is 9.81. The zero-order valence-corrected chi connectivity index (χ0v) is 12.6. The van der Waals surface area contributed by atoms with E-state index in [9.17, 15) is 9.59 Å². The van der Waals surface area contributed by atoms with Crippen LogP contribution in [0.15, 0.2) is 0 Å². The summed E-state index contributed by atoms with van der Waals surface area (Å²) in [4.78, 5) is 26.8. The van der Waals surface area contributed by atoms with Crippen LogP contribution in [-0.2, 0) is 14.3 Å². The van der Waals surface area contributed by atoms with Crippen LogP contribution >= 0.6 is 0 Å². The summed E-state index contributed by atoms with van der Waals surface area (Å²) in [6, 6.07) is -0.458. The van der Waals surface area contributed by atoms with Gasteiger partial charge >= 0.3 is 5.97 Å². The van der Waals surface area contributed by atoms with Gasteiger partial charge in [0.1, 0.15) is 6.04 Å². The molecule has 0 aromatic heterocycles. The molecule has 0 aromatic rings. The summed E-state index contributed by atoms with van der Waals surface area (Å²) >= 11 is 0. The van der Waals surface area contributed by atoms with Crippen LogP contribution in [0, 0.1) is 5.41 Å². The number of nitrogens with zero attached hydrogens (tertiary/aromatic N) is 1. The fraction of sp³-hybridized carbons (Fsp3) is 0.867. The van der Waals surface area contributed by atoms with Crippen LogP contribution in [0.4, 0.5) is 0 Å². The molecule has 1 unspecified atom stereocenters. The topological polar surface area (TPSA) is 58.6 Å². The number of piperazine rings is 1. The Kier molecular flexibility index (Phi) is 5.02. The van der Waals surface area contributed by atoms with Crippen LogP contribution in [0.1, 0.15) is 46.0 Å². The van der Waals surface area contributed by atoms with Crippen LogP contribution in [0.2, 0.25) is 0 Å². The fourth-order valence-electron chi connectivity index (χ4n) is 3.47. The van der Waals surface area contributed by atoms with E-state index in [2.05, 4.69) is 12.2 Å². The third-order valence-electron chi connectivity index (χ3n) is 4.75. The summed E-state index contributed by atoms with van der Waals surface area (Å²) in [5.74, 6) is -0.116. The predicted molar refractivity (Wildman–Crippen MR) is 76.2 cm³/mol. The van der Waals surface area contributed by atoms with Gasteiger partial charge in [-0.1, -0.05) is 19.8 Å². The second kappa shape index (κ2) is 6.57. The zero-order chi connectivity index (χ0) is 14.6. The van der Waals surface area contributed by atoms with Gasteiger partial charge in [-0.3, -0.25) is 4.79 Å². The summed E-state index contributed by atoms with van der Waals surface area (Å²) in [6.07, 6.45) is 5.03. The van der Waals surface area contributed by atoms with Crippen molar-refractivity contribution in [2.75, 3.05) is 26.2 Å². The smallest absolute Gasteiger partial charge is 0.330 e. The molecule has 1 amide bonds. The van der Waals surface area contributed by atoms with E-state index < -0.39 is 6.04 Å². The second-order valence-electron chi connectivity index (χ2n) is 5.81. The highest BCUT2D eigenvalue weighted by atomic mass is 16.5. The van der Waals surface area contributed by atoms with Gasteiger partial charge < -0.3 is 15.0 Å². The molecule has 114 valence electrons. The number of hydrogen-bond acceptors (Lipinski definition) is 4. The molecule has 1 saturated carbocycles. The average molecular weight is 282 g/mol. The molecule has 2 aliphatic rings.